The Hall–Kier alpha value is -2.75. The molecule has 1 aromatic heterocycles. The van der Waals surface area contributed by atoms with Crippen LogP contribution in [0.1, 0.15) is 28.6 Å². The first-order valence-electron chi connectivity index (χ1n) is 8.41. The molecule has 3 N–H and O–H groups in total. The van der Waals surface area contributed by atoms with Gasteiger partial charge >= 0.3 is 5.69 Å². The van der Waals surface area contributed by atoms with Crippen molar-refractivity contribution in [2.45, 2.75) is 38.3 Å². The number of aryl methyl sites for hydroxylation is 1. The highest BCUT2D eigenvalue weighted by Crippen LogP contribution is 2.27. The summed E-state index contributed by atoms with van der Waals surface area (Å²) in [5.74, 6) is -0.469. The molecule has 0 unspecified atom stereocenters. The van der Waals surface area contributed by atoms with Crippen molar-refractivity contribution >= 4 is 5.78 Å². The van der Waals surface area contributed by atoms with Crippen LogP contribution in [0.15, 0.2) is 40.1 Å². The van der Waals surface area contributed by atoms with Gasteiger partial charge in [0.05, 0.1) is 19.3 Å². The molecule has 3 rings (SSSR count). The minimum atomic E-state index is -0.939. The molecule has 2 aromatic rings. The van der Waals surface area contributed by atoms with Crippen molar-refractivity contribution in [2.24, 2.45) is 0 Å². The molecule has 0 amide bonds. The second-order valence-corrected chi connectivity index (χ2v) is 6.48. The number of Topliss-reactive ketones (excluding diaryl/α,β-unsaturated/α-hetero) is 1. The first kappa shape index (κ1) is 19.0. The fourth-order valence-corrected chi connectivity index (χ4v) is 3.04. The van der Waals surface area contributed by atoms with E-state index in [4.69, 9.17) is 4.74 Å². The molecule has 9 heteroatoms. The molecule has 27 heavy (non-hydrogen) atoms. The van der Waals surface area contributed by atoms with E-state index in [2.05, 4.69) is 0 Å². The summed E-state index contributed by atoms with van der Waals surface area (Å²) in [5, 5.41) is 28.4. The molecule has 3 atom stereocenters. The van der Waals surface area contributed by atoms with Crippen molar-refractivity contribution in [3.05, 3.63) is 62.4 Å². The van der Waals surface area contributed by atoms with Gasteiger partial charge in [0.15, 0.2) is 5.78 Å². The SMILES string of the molecule is Cc1cn([C@H]2C[C@H](O)[C@@H](CO)O2)c(=O)n(CC(=O)c2ccc(O)cc2)c1=O. The Kier molecular flexibility index (Phi) is 5.26. The number of nitrogens with zero attached hydrogens (tertiary/aromatic N) is 2. The quantitative estimate of drug-likeness (QED) is 0.602. The van der Waals surface area contributed by atoms with Crippen LogP contribution in [-0.2, 0) is 11.3 Å². The van der Waals surface area contributed by atoms with E-state index >= 15 is 0 Å². The predicted octanol–water partition coefficient (Wildman–Crippen LogP) is -0.452. The van der Waals surface area contributed by atoms with Gasteiger partial charge in [-0.3, -0.25) is 18.7 Å². The van der Waals surface area contributed by atoms with Gasteiger partial charge in [-0.2, -0.15) is 0 Å². The molecule has 1 aliphatic rings. The zero-order chi connectivity index (χ0) is 19.7. The summed E-state index contributed by atoms with van der Waals surface area (Å²) in [5.41, 5.74) is -0.854. The number of benzene rings is 1. The topological polar surface area (TPSA) is 131 Å². The maximum absolute atomic E-state index is 12.8. The summed E-state index contributed by atoms with van der Waals surface area (Å²) in [6.45, 7) is 0.641. The summed E-state index contributed by atoms with van der Waals surface area (Å²) in [7, 11) is 0. The summed E-state index contributed by atoms with van der Waals surface area (Å²) < 4.78 is 7.44. The molecule has 0 saturated carbocycles. The van der Waals surface area contributed by atoms with Crippen LogP contribution in [0, 0.1) is 6.92 Å². The number of rotatable bonds is 5. The molecular weight excluding hydrogens is 356 g/mol. The highest BCUT2D eigenvalue weighted by atomic mass is 16.5. The normalized spacial score (nSPS) is 22.1. The van der Waals surface area contributed by atoms with Crippen molar-refractivity contribution in [1.82, 2.24) is 9.13 Å². The Morgan fingerprint density at radius 2 is 1.93 bits per heavy atom. The Morgan fingerprint density at radius 1 is 1.26 bits per heavy atom. The van der Waals surface area contributed by atoms with E-state index < -0.39 is 48.6 Å². The third-order valence-electron chi connectivity index (χ3n) is 4.55. The van der Waals surface area contributed by atoms with E-state index in [1.54, 1.807) is 0 Å². The van der Waals surface area contributed by atoms with Crippen molar-refractivity contribution < 1.29 is 24.9 Å². The van der Waals surface area contributed by atoms with Gasteiger partial charge in [0.25, 0.3) is 5.56 Å². The second-order valence-electron chi connectivity index (χ2n) is 6.48. The van der Waals surface area contributed by atoms with Crippen LogP contribution >= 0.6 is 0 Å². The van der Waals surface area contributed by atoms with E-state index in [1.165, 1.54) is 37.4 Å². The van der Waals surface area contributed by atoms with E-state index in [-0.39, 0.29) is 23.3 Å². The molecule has 0 radical (unpaired) electrons. The molecule has 1 saturated heterocycles. The third-order valence-corrected chi connectivity index (χ3v) is 4.55. The van der Waals surface area contributed by atoms with Gasteiger partial charge in [0, 0.05) is 23.7 Å². The van der Waals surface area contributed by atoms with E-state index in [0.717, 1.165) is 9.13 Å². The van der Waals surface area contributed by atoms with Gasteiger partial charge < -0.3 is 20.1 Å². The number of aliphatic hydroxyl groups excluding tert-OH is 2. The highest BCUT2D eigenvalue weighted by Gasteiger charge is 2.35. The van der Waals surface area contributed by atoms with Crippen molar-refractivity contribution in [1.29, 1.82) is 0 Å². The Balaban J connectivity index is 1.95. The van der Waals surface area contributed by atoms with Gasteiger partial charge in [-0.25, -0.2) is 4.79 Å². The number of carbonyl (C=O) groups is 1. The fourth-order valence-electron chi connectivity index (χ4n) is 3.04. The second kappa shape index (κ2) is 7.47. The Morgan fingerprint density at radius 3 is 2.52 bits per heavy atom. The molecule has 144 valence electrons. The van der Waals surface area contributed by atoms with Crippen molar-refractivity contribution in [3.63, 3.8) is 0 Å². The summed E-state index contributed by atoms with van der Waals surface area (Å²) in [4.78, 5) is 37.6. The number of ether oxygens (including phenoxy) is 1. The van der Waals surface area contributed by atoms with E-state index in [1.807, 2.05) is 0 Å². The summed E-state index contributed by atoms with van der Waals surface area (Å²) in [6, 6.07) is 5.49. The average Bonchev–Trinajstić information content (AvgIpc) is 3.02. The Bertz CT molecular complexity index is 961. The number of aromatic hydroxyl groups is 1. The van der Waals surface area contributed by atoms with Crippen molar-refractivity contribution in [2.75, 3.05) is 6.61 Å². The van der Waals surface area contributed by atoms with Crippen LogP contribution in [0.4, 0.5) is 0 Å². The smallest absolute Gasteiger partial charge is 0.333 e. The molecule has 2 heterocycles. The van der Waals surface area contributed by atoms with Gasteiger partial charge in [0.2, 0.25) is 0 Å². The lowest BCUT2D eigenvalue weighted by atomic mass is 10.1. The van der Waals surface area contributed by atoms with E-state index in [0.29, 0.717) is 0 Å². The first-order valence-corrected chi connectivity index (χ1v) is 8.41. The summed E-state index contributed by atoms with van der Waals surface area (Å²) in [6.07, 6.45) is -1.20. The standard InChI is InChI=1S/C18H20N2O7/c1-10-7-19(16-6-13(23)15(9-21)27-16)18(26)20(17(10)25)8-14(24)11-2-4-12(22)5-3-11/h2-5,7,13,15-16,21-23H,6,8-9H2,1H3/t13-,15+,16+/m0/s1. The van der Waals surface area contributed by atoms with Gasteiger partial charge in [-0.05, 0) is 31.2 Å². The molecule has 0 aliphatic carbocycles. The van der Waals surface area contributed by atoms with Crippen molar-refractivity contribution in [3.8, 4) is 5.75 Å². The molecule has 1 aliphatic heterocycles. The lowest BCUT2D eigenvalue weighted by Crippen LogP contribution is -2.43. The van der Waals surface area contributed by atoms with Gasteiger partial charge in [-0.1, -0.05) is 0 Å². The molecule has 1 fully saturated rings. The maximum Gasteiger partial charge on any atom is 0.333 e. The number of hydrogen-bond acceptors (Lipinski definition) is 7. The third kappa shape index (κ3) is 3.70. The van der Waals surface area contributed by atoms with Crippen LogP contribution in [0.3, 0.4) is 0 Å². The van der Waals surface area contributed by atoms with E-state index in [9.17, 15) is 29.7 Å². The number of hydrogen-bond donors (Lipinski definition) is 3. The fraction of sp³-hybridized carbons (Fsp3) is 0.389. The summed E-state index contributed by atoms with van der Waals surface area (Å²) >= 11 is 0. The number of aromatic nitrogens is 2. The van der Waals surface area contributed by atoms with Crippen LogP contribution in [0.2, 0.25) is 0 Å². The number of phenolic OH excluding ortho intramolecular Hbond substituents is 1. The monoisotopic (exact) mass is 376 g/mol. The van der Waals surface area contributed by atoms with Gasteiger partial charge in [0.1, 0.15) is 18.1 Å². The molecule has 0 spiro atoms. The number of aliphatic hydroxyl groups is 2. The first-order chi connectivity index (χ1) is 12.8. The molecule has 1 aromatic carbocycles. The number of carbonyl (C=O) groups excluding carboxylic acids is 1. The number of phenols is 1. The minimum Gasteiger partial charge on any atom is -0.508 e. The van der Waals surface area contributed by atoms with Crippen LogP contribution < -0.4 is 11.2 Å². The maximum atomic E-state index is 12.8. The molecule has 0 bridgehead atoms. The Labute approximate surface area is 153 Å². The van der Waals surface area contributed by atoms with Crippen LogP contribution in [0.25, 0.3) is 0 Å². The zero-order valence-electron chi connectivity index (χ0n) is 14.6. The molecule has 9 nitrogen and oxygen atoms in total. The average molecular weight is 376 g/mol. The molecular formula is C18H20N2O7. The number of ketones is 1. The van der Waals surface area contributed by atoms with Crippen LogP contribution in [0.5, 0.6) is 5.75 Å². The predicted molar refractivity (Wildman–Crippen MR) is 93.8 cm³/mol. The van der Waals surface area contributed by atoms with Gasteiger partial charge in [-0.15, -0.1) is 0 Å². The lowest BCUT2D eigenvalue weighted by Gasteiger charge is -2.17. The zero-order valence-corrected chi connectivity index (χ0v) is 14.6. The van der Waals surface area contributed by atoms with Crippen LogP contribution in [-0.4, -0.2) is 49.1 Å². The minimum absolute atomic E-state index is 0.00277. The highest BCUT2D eigenvalue weighted by molar-refractivity contribution is 5.95. The lowest BCUT2D eigenvalue weighted by molar-refractivity contribution is -0.0463. The largest absolute Gasteiger partial charge is 0.508 e.